The van der Waals surface area contributed by atoms with E-state index in [2.05, 4.69) is 152 Å². The van der Waals surface area contributed by atoms with Crippen LogP contribution in [-0.2, 0) is 20.4 Å². The van der Waals surface area contributed by atoms with Crippen molar-refractivity contribution in [2.45, 2.75) is 84.5 Å². The van der Waals surface area contributed by atoms with Gasteiger partial charge in [-0.05, 0) is 92.6 Å². The zero-order valence-corrected chi connectivity index (χ0v) is 33.9. The number of benzene rings is 3. The van der Waals surface area contributed by atoms with Gasteiger partial charge in [-0.3, -0.25) is 9.69 Å². The lowest BCUT2D eigenvalue weighted by Crippen LogP contribution is -2.41. The molecule has 0 unspecified atom stereocenters. The summed E-state index contributed by atoms with van der Waals surface area (Å²) in [4.78, 5) is 17.5. The van der Waals surface area contributed by atoms with Crippen molar-refractivity contribution >= 4 is 34.4 Å². The molecule has 2 N–H and O–H groups in total. The molecule has 3 aromatic rings. The van der Waals surface area contributed by atoms with Crippen LogP contribution in [0.15, 0.2) is 120 Å². The number of nitrogens with one attached hydrogen (secondary N) is 2. The van der Waals surface area contributed by atoms with Crippen molar-refractivity contribution in [3.05, 3.63) is 131 Å². The van der Waals surface area contributed by atoms with Gasteiger partial charge in [0.15, 0.2) is 5.71 Å². The van der Waals surface area contributed by atoms with Crippen molar-refractivity contribution < 1.29 is 14.1 Å². The second-order valence-electron chi connectivity index (χ2n) is 16.4. The first-order valence-corrected chi connectivity index (χ1v) is 20.5. The van der Waals surface area contributed by atoms with E-state index < -0.39 is 0 Å². The number of allylic oxidation sites excluding steroid dienone is 7. The summed E-state index contributed by atoms with van der Waals surface area (Å²) in [6, 6.07) is 25.9. The maximum atomic E-state index is 12.8. The standard InChI is InChI=1S/C48H59N5O2/c1-7-28-52-41-18-11-9-16-39(41)47(3,4)43(52)26-20-35-14-13-15-36(21-27-44-48(5,6)40-17-10-12-19-42(40)53(44)29-8-2)46(35)50-38-24-22-37(23-25-38)49-45(54)34-51-30-32-55-33-31-51/h9-12,16-27H,7-8,13-15,28-34H2,1-6H3,(H,49,54)/p+1/b35-20+,43-26+. The number of hydrogen-bond acceptors (Lipinski definition) is 5. The molecule has 3 aliphatic heterocycles. The van der Waals surface area contributed by atoms with Gasteiger partial charge in [0, 0.05) is 77.6 Å². The highest BCUT2D eigenvalue weighted by atomic mass is 16.5. The number of amides is 1. The van der Waals surface area contributed by atoms with Crippen molar-refractivity contribution in [2.75, 3.05) is 61.5 Å². The van der Waals surface area contributed by atoms with Crippen molar-refractivity contribution in [2.24, 2.45) is 0 Å². The maximum Gasteiger partial charge on any atom is 0.238 e. The van der Waals surface area contributed by atoms with Crippen LogP contribution in [-0.4, -0.2) is 67.0 Å². The predicted octanol–water partition coefficient (Wildman–Crippen LogP) is 9.87. The van der Waals surface area contributed by atoms with Crippen LogP contribution < -0.4 is 15.5 Å². The van der Waals surface area contributed by atoms with Crippen LogP contribution in [0.5, 0.6) is 0 Å². The molecule has 1 saturated heterocycles. The summed E-state index contributed by atoms with van der Waals surface area (Å²) in [5.41, 5.74) is 13.5. The largest absolute Gasteiger partial charge is 0.379 e. The highest BCUT2D eigenvalue weighted by Crippen LogP contribution is 2.48. The second-order valence-corrected chi connectivity index (χ2v) is 16.4. The first kappa shape index (κ1) is 38.6. The lowest BCUT2D eigenvalue weighted by Gasteiger charge is -2.27. The molecule has 7 nitrogen and oxygen atoms in total. The van der Waals surface area contributed by atoms with E-state index in [9.17, 15) is 4.79 Å². The van der Waals surface area contributed by atoms with Gasteiger partial charge < -0.3 is 20.3 Å². The number of rotatable bonds is 12. The summed E-state index contributed by atoms with van der Waals surface area (Å²) < 4.78 is 7.97. The second kappa shape index (κ2) is 16.6. The van der Waals surface area contributed by atoms with Gasteiger partial charge in [-0.15, -0.1) is 0 Å². The van der Waals surface area contributed by atoms with Crippen LogP contribution in [0.1, 0.15) is 84.8 Å². The van der Waals surface area contributed by atoms with Crippen molar-refractivity contribution in [1.29, 1.82) is 0 Å². The quantitative estimate of drug-likeness (QED) is 0.181. The third kappa shape index (κ3) is 8.01. The average Bonchev–Trinajstić information content (AvgIpc) is 3.53. The Morgan fingerprint density at radius 1 is 0.818 bits per heavy atom. The molecule has 7 rings (SSSR count). The van der Waals surface area contributed by atoms with Gasteiger partial charge in [0.25, 0.3) is 0 Å². The SMILES string of the molecule is CCCN1/C(=C/C=C2\CCCC(/C=C/C3=[N+](CCC)c4ccccc4C3(C)C)=C2Nc2ccc(NC(=O)CN3CCOCC3)cc2)C(C)(C)c2ccccc21. The third-order valence-corrected chi connectivity index (χ3v) is 11.8. The summed E-state index contributed by atoms with van der Waals surface area (Å²) in [7, 11) is 0. The van der Waals surface area contributed by atoms with Crippen LogP contribution in [0.25, 0.3) is 0 Å². The molecule has 0 bridgehead atoms. The number of carbonyl (C=O) groups excluding carboxylic acids is 1. The van der Waals surface area contributed by atoms with Gasteiger partial charge >= 0.3 is 0 Å². The number of morpholine rings is 1. The Morgan fingerprint density at radius 2 is 1.53 bits per heavy atom. The molecule has 7 heteroatoms. The highest BCUT2D eigenvalue weighted by Gasteiger charge is 2.44. The van der Waals surface area contributed by atoms with Crippen molar-refractivity contribution in [3.8, 4) is 0 Å². The van der Waals surface area contributed by atoms with Crippen molar-refractivity contribution in [3.63, 3.8) is 0 Å². The Labute approximate surface area is 329 Å². The molecule has 55 heavy (non-hydrogen) atoms. The minimum Gasteiger partial charge on any atom is -0.379 e. The van der Waals surface area contributed by atoms with Crippen molar-refractivity contribution in [1.82, 2.24) is 4.90 Å². The van der Waals surface area contributed by atoms with E-state index >= 15 is 0 Å². The molecule has 3 heterocycles. The van der Waals surface area contributed by atoms with Gasteiger partial charge in [-0.25, -0.2) is 0 Å². The molecule has 0 saturated carbocycles. The number of anilines is 3. The summed E-state index contributed by atoms with van der Waals surface area (Å²) in [5, 5.41) is 6.98. The van der Waals surface area contributed by atoms with Gasteiger partial charge in [-0.1, -0.05) is 76.2 Å². The minimum absolute atomic E-state index is 0.00369. The zero-order chi connectivity index (χ0) is 38.6. The van der Waals surface area contributed by atoms with Crippen LogP contribution in [0, 0.1) is 0 Å². The molecule has 1 aliphatic carbocycles. The number of nitrogens with zero attached hydrogens (tertiary/aromatic N) is 3. The summed E-state index contributed by atoms with van der Waals surface area (Å²) >= 11 is 0. The van der Waals surface area contributed by atoms with Gasteiger partial charge in [0.2, 0.25) is 11.6 Å². The average molecular weight is 739 g/mol. The highest BCUT2D eigenvalue weighted by molar-refractivity contribution is 6.03. The third-order valence-electron chi connectivity index (χ3n) is 11.8. The Balaban J connectivity index is 1.24. The zero-order valence-electron chi connectivity index (χ0n) is 33.9. The van der Waals surface area contributed by atoms with E-state index in [0.717, 1.165) is 69.7 Å². The topological polar surface area (TPSA) is 59.9 Å². The molecule has 3 aromatic carbocycles. The summed E-state index contributed by atoms with van der Waals surface area (Å²) in [5.74, 6) is 0.00369. The molecule has 0 radical (unpaired) electrons. The number of ether oxygens (including phenoxy) is 1. The molecule has 288 valence electrons. The fourth-order valence-corrected chi connectivity index (χ4v) is 8.93. The van der Waals surface area contributed by atoms with E-state index in [1.54, 1.807) is 0 Å². The van der Waals surface area contributed by atoms with Crippen LogP contribution in [0.2, 0.25) is 0 Å². The van der Waals surface area contributed by atoms with Crippen LogP contribution >= 0.6 is 0 Å². The van der Waals surface area contributed by atoms with E-state index in [4.69, 9.17) is 4.74 Å². The molecule has 0 spiro atoms. The smallest absolute Gasteiger partial charge is 0.238 e. The molecule has 0 aromatic heterocycles. The Bertz CT molecular complexity index is 2040. The van der Waals surface area contributed by atoms with Gasteiger partial charge in [-0.2, -0.15) is 4.58 Å². The monoisotopic (exact) mass is 738 g/mol. The minimum atomic E-state index is -0.0952. The van der Waals surface area contributed by atoms with Crippen LogP contribution in [0.3, 0.4) is 0 Å². The molecule has 1 fully saturated rings. The number of fused-ring (bicyclic) bond motifs is 2. The first-order chi connectivity index (χ1) is 26.6. The van der Waals surface area contributed by atoms with Gasteiger partial charge in [0.1, 0.15) is 6.54 Å². The van der Waals surface area contributed by atoms with E-state index in [1.807, 2.05) is 12.1 Å². The lowest BCUT2D eigenvalue weighted by atomic mass is 9.81. The molecule has 1 amide bonds. The Hall–Kier alpha value is -4.72. The fraction of sp³-hybridized carbons (Fsp3) is 0.417. The summed E-state index contributed by atoms with van der Waals surface area (Å²) in [6.07, 6.45) is 14.8. The molecular formula is C48H60N5O2+. The number of para-hydroxylation sites is 2. The first-order valence-electron chi connectivity index (χ1n) is 20.5. The Morgan fingerprint density at radius 3 is 2.27 bits per heavy atom. The Kier molecular flexibility index (Phi) is 11.6. The summed E-state index contributed by atoms with van der Waals surface area (Å²) in [6.45, 7) is 19.3. The van der Waals surface area contributed by atoms with Crippen LogP contribution in [0.4, 0.5) is 22.7 Å². The number of carbonyl (C=O) groups is 1. The number of hydrogen-bond donors (Lipinski definition) is 2. The van der Waals surface area contributed by atoms with E-state index in [0.29, 0.717) is 19.8 Å². The fourth-order valence-electron chi connectivity index (χ4n) is 8.93. The lowest BCUT2D eigenvalue weighted by molar-refractivity contribution is -0.437. The van der Waals surface area contributed by atoms with Gasteiger partial charge in [0.05, 0.1) is 25.2 Å². The normalized spacial score (nSPS) is 20.8. The molecular weight excluding hydrogens is 679 g/mol. The molecule has 4 aliphatic rings. The predicted molar refractivity (Wildman–Crippen MR) is 229 cm³/mol. The maximum absolute atomic E-state index is 12.8. The molecule has 0 atom stereocenters. The van der Waals surface area contributed by atoms with E-state index in [1.165, 1.54) is 50.8 Å². The van der Waals surface area contributed by atoms with E-state index in [-0.39, 0.29) is 16.7 Å².